The summed E-state index contributed by atoms with van der Waals surface area (Å²) in [5.41, 5.74) is 4.86. The molecule has 2 amide bonds. The topological polar surface area (TPSA) is 75.9 Å². The van der Waals surface area contributed by atoms with Crippen LogP contribution in [0.1, 0.15) is 40.7 Å². The van der Waals surface area contributed by atoms with Gasteiger partial charge in [-0.05, 0) is 54.2 Å². The molecular weight excluding hydrogens is 416 g/mol. The Balaban J connectivity index is 1.16. The second kappa shape index (κ2) is 9.58. The molecule has 1 N–H and O–H groups in total. The van der Waals surface area contributed by atoms with Crippen LogP contribution in [0.5, 0.6) is 0 Å². The van der Waals surface area contributed by atoms with Crippen molar-refractivity contribution in [1.29, 1.82) is 0 Å². The fourth-order valence-corrected chi connectivity index (χ4v) is 4.52. The molecule has 7 heteroatoms. The number of hydrogen-bond acceptors (Lipinski definition) is 4. The zero-order valence-electron chi connectivity index (χ0n) is 18.6. The van der Waals surface area contributed by atoms with Gasteiger partial charge in [0.25, 0.3) is 5.91 Å². The number of pyridine rings is 1. The summed E-state index contributed by atoms with van der Waals surface area (Å²) in [6.07, 6.45) is 10.2. The second-order valence-electron chi connectivity index (χ2n) is 8.64. The number of imidazole rings is 1. The molecule has 1 aromatic carbocycles. The van der Waals surface area contributed by atoms with Gasteiger partial charge in [-0.1, -0.05) is 24.3 Å². The minimum absolute atomic E-state index is 0.0989. The Bertz CT molecular complexity index is 1180. The molecule has 1 saturated heterocycles. The molecule has 0 saturated carbocycles. The molecular formula is C26H28N4O3. The van der Waals surface area contributed by atoms with E-state index in [1.54, 1.807) is 6.20 Å². The minimum atomic E-state index is -0.0989. The van der Waals surface area contributed by atoms with Gasteiger partial charge in [-0.15, -0.1) is 0 Å². The van der Waals surface area contributed by atoms with Crippen molar-refractivity contribution in [3.8, 4) is 0 Å². The number of fused-ring (bicyclic) bond motifs is 1. The number of hydrogen-bond donors (Lipinski definition) is 1. The van der Waals surface area contributed by atoms with Crippen molar-refractivity contribution in [1.82, 2.24) is 19.6 Å². The normalized spacial score (nSPS) is 17.1. The van der Waals surface area contributed by atoms with Crippen LogP contribution >= 0.6 is 0 Å². The summed E-state index contributed by atoms with van der Waals surface area (Å²) in [7, 11) is 0. The predicted octanol–water partition coefficient (Wildman–Crippen LogP) is 3.31. The molecule has 170 valence electrons. The number of aromatic nitrogens is 2. The first-order valence-electron chi connectivity index (χ1n) is 11.5. The number of ether oxygens (including phenoxy) is 1. The molecule has 0 radical (unpaired) electrons. The van der Waals surface area contributed by atoms with Gasteiger partial charge in [0.2, 0.25) is 5.91 Å². The van der Waals surface area contributed by atoms with Crippen LogP contribution in [0.4, 0.5) is 0 Å². The average Bonchev–Trinajstić information content (AvgIpc) is 3.35. The van der Waals surface area contributed by atoms with Crippen molar-refractivity contribution in [3.05, 3.63) is 77.8 Å². The van der Waals surface area contributed by atoms with Gasteiger partial charge < -0.3 is 19.4 Å². The largest absolute Gasteiger partial charge is 0.381 e. The molecule has 1 fully saturated rings. The van der Waals surface area contributed by atoms with Crippen LogP contribution in [-0.2, 0) is 16.1 Å². The SMILES string of the molecule is O=C(NCc1ccc2nccn2c1)c1ccc(C2=CCN(C(=O)C3CCOCC3)CC2)cc1. The maximum atomic E-state index is 12.7. The van der Waals surface area contributed by atoms with Gasteiger partial charge in [-0.25, -0.2) is 4.98 Å². The van der Waals surface area contributed by atoms with Gasteiger partial charge in [0.15, 0.2) is 0 Å². The highest BCUT2D eigenvalue weighted by Crippen LogP contribution is 2.25. The molecule has 3 aromatic rings. The number of nitrogens with one attached hydrogen (secondary N) is 1. The third-order valence-electron chi connectivity index (χ3n) is 6.51. The fourth-order valence-electron chi connectivity index (χ4n) is 4.52. The quantitative estimate of drug-likeness (QED) is 0.655. The van der Waals surface area contributed by atoms with E-state index in [0.717, 1.165) is 42.6 Å². The van der Waals surface area contributed by atoms with Gasteiger partial charge in [0.05, 0.1) is 0 Å². The summed E-state index contributed by atoms with van der Waals surface area (Å²) in [5.74, 6) is 0.263. The molecule has 2 aliphatic rings. The van der Waals surface area contributed by atoms with E-state index in [2.05, 4.69) is 16.4 Å². The van der Waals surface area contributed by atoms with Gasteiger partial charge in [-0.3, -0.25) is 9.59 Å². The Labute approximate surface area is 193 Å². The van der Waals surface area contributed by atoms with E-state index in [1.807, 2.05) is 58.1 Å². The first kappa shape index (κ1) is 21.4. The first-order chi connectivity index (χ1) is 16.2. The van der Waals surface area contributed by atoms with Crippen LogP contribution in [0.15, 0.2) is 61.1 Å². The Kier molecular flexibility index (Phi) is 6.21. The summed E-state index contributed by atoms with van der Waals surface area (Å²) < 4.78 is 7.31. The number of rotatable bonds is 5. The van der Waals surface area contributed by atoms with Crippen molar-refractivity contribution in [3.63, 3.8) is 0 Å². The molecule has 2 aliphatic heterocycles. The molecule has 0 bridgehead atoms. The van der Waals surface area contributed by atoms with Gasteiger partial charge in [-0.2, -0.15) is 0 Å². The summed E-state index contributed by atoms with van der Waals surface area (Å²) in [6, 6.07) is 11.6. The van der Waals surface area contributed by atoms with Crippen molar-refractivity contribution in [2.45, 2.75) is 25.8 Å². The predicted molar refractivity (Wildman–Crippen MR) is 126 cm³/mol. The molecule has 0 spiro atoms. The standard InChI is InChI=1S/C26H28N4O3/c31-25(28-17-19-1-6-24-27-11-14-30(24)18-19)22-4-2-20(3-5-22)21-7-12-29(13-8-21)26(32)23-9-15-33-16-10-23/h1-7,11,14,18,23H,8-10,12-13,15-17H2,(H,28,31). The fraction of sp³-hybridized carbons (Fsp3) is 0.346. The van der Waals surface area contributed by atoms with Crippen molar-refractivity contribution >= 4 is 23.0 Å². The van der Waals surface area contributed by atoms with Crippen LogP contribution in [0.3, 0.4) is 0 Å². The monoisotopic (exact) mass is 444 g/mol. The second-order valence-corrected chi connectivity index (χ2v) is 8.64. The summed E-state index contributed by atoms with van der Waals surface area (Å²) in [6.45, 7) is 3.22. The van der Waals surface area contributed by atoms with Crippen LogP contribution in [0.2, 0.25) is 0 Å². The van der Waals surface area contributed by atoms with Crippen LogP contribution in [-0.4, -0.2) is 52.4 Å². The van der Waals surface area contributed by atoms with Crippen LogP contribution in [0.25, 0.3) is 11.2 Å². The third kappa shape index (κ3) is 4.83. The number of carbonyl (C=O) groups is 2. The number of benzene rings is 1. The van der Waals surface area contributed by atoms with Crippen molar-refractivity contribution in [2.24, 2.45) is 5.92 Å². The average molecular weight is 445 g/mol. The van der Waals surface area contributed by atoms with E-state index in [-0.39, 0.29) is 17.7 Å². The van der Waals surface area contributed by atoms with Crippen molar-refractivity contribution in [2.75, 3.05) is 26.3 Å². The smallest absolute Gasteiger partial charge is 0.251 e. The molecule has 2 aromatic heterocycles. The summed E-state index contributed by atoms with van der Waals surface area (Å²) >= 11 is 0. The molecule has 0 atom stereocenters. The third-order valence-corrected chi connectivity index (χ3v) is 6.51. The lowest BCUT2D eigenvalue weighted by molar-refractivity contribution is -0.138. The lowest BCUT2D eigenvalue weighted by atomic mass is 9.95. The van der Waals surface area contributed by atoms with E-state index in [1.165, 1.54) is 5.57 Å². The zero-order chi connectivity index (χ0) is 22.6. The van der Waals surface area contributed by atoms with E-state index >= 15 is 0 Å². The van der Waals surface area contributed by atoms with Crippen LogP contribution in [0, 0.1) is 5.92 Å². The molecule has 7 nitrogen and oxygen atoms in total. The maximum Gasteiger partial charge on any atom is 0.251 e. The van der Waals surface area contributed by atoms with Gasteiger partial charge >= 0.3 is 0 Å². The highest BCUT2D eigenvalue weighted by Gasteiger charge is 2.27. The van der Waals surface area contributed by atoms with E-state index in [9.17, 15) is 9.59 Å². The summed E-state index contributed by atoms with van der Waals surface area (Å²) in [4.78, 5) is 31.5. The highest BCUT2D eigenvalue weighted by molar-refractivity contribution is 5.94. The van der Waals surface area contributed by atoms with Gasteiger partial charge in [0.1, 0.15) is 5.65 Å². The highest BCUT2D eigenvalue weighted by atomic mass is 16.5. The molecule has 0 aliphatic carbocycles. The first-order valence-corrected chi connectivity index (χ1v) is 11.5. The zero-order valence-corrected chi connectivity index (χ0v) is 18.6. The number of nitrogens with zero attached hydrogens (tertiary/aromatic N) is 3. The summed E-state index contributed by atoms with van der Waals surface area (Å²) in [5, 5.41) is 2.98. The van der Waals surface area contributed by atoms with Crippen LogP contribution < -0.4 is 5.32 Å². The van der Waals surface area contributed by atoms with Crippen molar-refractivity contribution < 1.29 is 14.3 Å². The Morgan fingerprint density at radius 1 is 1.09 bits per heavy atom. The minimum Gasteiger partial charge on any atom is -0.381 e. The number of amides is 2. The molecule has 0 unspecified atom stereocenters. The van der Waals surface area contributed by atoms with Gasteiger partial charge in [0, 0.05) is 62.9 Å². The molecule has 4 heterocycles. The Morgan fingerprint density at radius 3 is 2.67 bits per heavy atom. The van der Waals surface area contributed by atoms with E-state index in [4.69, 9.17) is 4.74 Å². The Morgan fingerprint density at radius 2 is 1.91 bits per heavy atom. The maximum absolute atomic E-state index is 12.7. The molecule has 5 rings (SSSR count). The van der Waals surface area contributed by atoms with E-state index in [0.29, 0.717) is 31.9 Å². The lowest BCUT2D eigenvalue weighted by Crippen LogP contribution is -2.40. The Hall–Kier alpha value is -3.45. The van der Waals surface area contributed by atoms with E-state index < -0.39 is 0 Å². The molecule has 33 heavy (non-hydrogen) atoms. The number of carbonyl (C=O) groups excluding carboxylic acids is 2. The lowest BCUT2D eigenvalue weighted by Gasteiger charge is -2.31.